The topological polar surface area (TPSA) is 56.8 Å². The Labute approximate surface area is 173 Å². The average Bonchev–Trinajstić information content (AvgIpc) is 3.06. The predicted octanol–water partition coefficient (Wildman–Crippen LogP) is 5.29. The first-order valence-corrected chi connectivity index (χ1v) is 10.1. The van der Waals surface area contributed by atoms with Crippen LogP contribution in [0.3, 0.4) is 0 Å². The number of hydrogen-bond acceptors (Lipinski definition) is 5. The summed E-state index contributed by atoms with van der Waals surface area (Å²) in [5.41, 5.74) is 0.910. The first kappa shape index (κ1) is 20.3. The lowest BCUT2D eigenvalue weighted by atomic mass is 10.2. The molecule has 0 spiro atoms. The van der Waals surface area contributed by atoms with Gasteiger partial charge in [0.05, 0.1) is 25.8 Å². The Balaban J connectivity index is 1.73. The molecule has 1 aromatic heterocycles. The molecule has 0 saturated heterocycles. The third-order valence-electron chi connectivity index (χ3n) is 4.19. The Morgan fingerprint density at radius 1 is 1.11 bits per heavy atom. The molecule has 0 aliphatic rings. The van der Waals surface area contributed by atoms with E-state index in [-0.39, 0.29) is 5.91 Å². The number of hydrogen-bond donors (Lipinski definition) is 1. The molecule has 5 nitrogen and oxygen atoms in total. The van der Waals surface area contributed by atoms with Gasteiger partial charge in [-0.15, -0.1) is 11.3 Å². The van der Waals surface area contributed by atoms with Gasteiger partial charge in [0.15, 0.2) is 11.5 Å². The van der Waals surface area contributed by atoms with Crippen LogP contribution < -0.4 is 19.5 Å². The van der Waals surface area contributed by atoms with Gasteiger partial charge in [-0.2, -0.15) is 0 Å². The highest BCUT2D eigenvalue weighted by Crippen LogP contribution is 2.37. The van der Waals surface area contributed by atoms with E-state index in [0.29, 0.717) is 34.6 Å². The number of nitrogens with one attached hydrogen (secondary N) is 1. The molecule has 0 bridgehead atoms. The molecule has 0 radical (unpaired) electrons. The minimum absolute atomic E-state index is 0.213. The summed E-state index contributed by atoms with van der Waals surface area (Å²) >= 11 is 7.77. The van der Waals surface area contributed by atoms with Crippen molar-refractivity contribution in [2.24, 2.45) is 0 Å². The number of fused-ring (bicyclic) bond motifs is 1. The van der Waals surface area contributed by atoms with E-state index in [4.69, 9.17) is 25.8 Å². The third kappa shape index (κ3) is 4.34. The van der Waals surface area contributed by atoms with Crippen LogP contribution in [0.25, 0.3) is 10.1 Å². The van der Waals surface area contributed by atoms with Gasteiger partial charge in [0.1, 0.15) is 10.6 Å². The van der Waals surface area contributed by atoms with Gasteiger partial charge in [0.25, 0.3) is 5.91 Å². The van der Waals surface area contributed by atoms with Crippen LogP contribution in [0.2, 0.25) is 5.02 Å². The van der Waals surface area contributed by atoms with E-state index in [1.807, 2.05) is 43.3 Å². The van der Waals surface area contributed by atoms with E-state index in [2.05, 4.69) is 5.32 Å². The zero-order valence-electron chi connectivity index (χ0n) is 16.0. The van der Waals surface area contributed by atoms with Gasteiger partial charge in [-0.25, -0.2) is 0 Å². The van der Waals surface area contributed by atoms with Crippen molar-refractivity contribution in [2.75, 3.05) is 20.8 Å². The highest BCUT2D eigenvalue weighted by atomic mass is 35.5. The van der Waals surface area contributed by atoms with Gasteiger partial charge in [0, 0.05) is 16.6 Å². The molecule has 0 unspecified atom stereocenters. The standard InChI is InChI=1S/C21H22ClNO4S/c1-4-9-27-16-8-5-13(10-17(16)26-3)12-23-21(24)20-19(22)15-7-6-14(25-2)11-18(15)28-20/h5-8,10-11H,4,9,12H2,1-3H3,(H,23,24). The lowest BCUT2D eigenvalue weighted by molar-refractivity contribution is 0.0955. The van der Waals surface area contributed by atoms with E-state index in [1.54, 1.807) is 14.2 Å². The second-order valence-electron chi connectivity index (χ2n) is 6.12. The van der Waals surface area contributed by atoms with Crippen LogP contribution in [-0.2, 0) is 6.54 Å². The maximum absolute atomic E-state index is 12.7. The Morgan fingerprint density at radius 3 is 2.64 bits per heavy atom. The number of carbonyl (C=O) groups excluding carboxylic acids is 1. The number of carbonyl (C=O) groups is 1. The zero-order chi connectivity index (χ0) is 20.1. The van der Waals surface area contributed by atoms with Crippen molar-refractivity contribution in [3.8, 4) is 17.2 Å². The monoisotopic (exact) mass is 419 g/mol. The molecule has 1 heterocycles. The van der Waals surface area contributed by atoms with Crippen molar-refractivity contribution in [3.63, 3.8) is 0 Å². The molecule has 28 heavy (non-hydrogen) atoms. The number of ether oxygens (including phenoxy) is 3. The van der Waals surface area contributed by atoms with E-state index >= 15 is 0 Å². The van der Waals surface area contributed by atoms with Gasteiger partial charge < -0.3 is 19.5 Å². The van der Waals surface area contributed by atoms with Crippen molar-refractivity contribution >= 4 is 38.9 Å². The highest BCUT2D eigenvalue weighted by Gasteiger charge is 2.17. The lowest BCUT2D eigenvalue weighted by Crippen LogP contribution is -2.22. The quantitative estimate of drug-likeness (QED) is 0.539. The molecule has 2 aromatic carbocycles. The number of amides is 1. The maximum Gasteiger partial charge on any atom is 0.263 e. The summed E-state index contributed by atoms with van der Waals surface area (Å²) < 4.78 is 17.2. The molecule has 0 saturated carbocycles. The SMILES string of the molecule is CCCOc1ccc(CNC(=O)c2sc3cc(OC)ccc3c2Cl)cc1OC. The van der Waals surface area contributed by atoms with Crippen molar-refractivity contribution in [3.05, 3.63) is 51.9 Å². The van der Waals surface area contributed by atoms with Crippen LogP contribution in [0.1, 0.15) is 28.6 Å². The number of thiophene rings is 1. The Kier molecular flexibility index (Phi) is 6.65. The first-order valence-electron chi connectivity index (χ1n) is 8.91. The molecule has 1 amide bonds. The maximum atomic E-state index is 12.7. The molecule has 3 aromatic rings. The number of rotatable bonds is 8. The Bertz CT molecular complexity index is 986. The average molecular weight is 420 g/mol. The van der Waals surface area contributed by atoms with E-state index in [1.165, 1.54) is 11.3 Å². The molecule has 148 valence electrons. The van der Waals surface area contributed by atoms with Gasteiger partial charge in [-0.05, 0) is 42.3 Å². The minimum atomic E-state index is -0.213. The fourth-order valence-corrected chi connectivity index (χ4v) is 4.20. The fraction of sp³-hybridized carbons (Fsp3) is 0.286. The second-order valence-corrected chi connectivity index (χ2v) is 7.55. The van der Waals surface area contributed by atoms with Gasteiger partial charge in [0.2, 0.25) is 0 Å². The Morgan fingerprint density at radius 2 is 1.93 bits per heavy atom. The van der Waals surface area contributed by atoms with Crippen LogP contribution in [0, 0.1) is 0 Å². The fourth-order valence-electron chi connectivity index (χ4n) is 2.73. The molecular weight excluding hydrogens is 398 g/mol. The molecule has 3 rings (SSSR count). The van der Waals surface area contributed by atoms with Crippen LogP contribution in [0.15, 0.2) is 36.4 Å². The molecule has 0 atom stereocenters. The van der Waals surface area contributed by atoms with E-state index in [9.17, 15) is 4.79 Å². The summed E-state index contributed by atoms with van der Waals surface area (Å²) in [7, 11) is 3.21. The minimum Gasteiger partial charge on any atom is -0.497 e. The first-order chi connectivity index (χ1) is 13.6. The summed E-state index contributed by atoms with van der Waals surface area (Å²) in [4.78, 5) is 13.1. The van der Waals surface area contributed by atoms with Crippen molar-refractivity contribution < 1.29 is 19.0 Å². The van der Waals surface area contributed by atoms with Crippen LogP contribution in [0.5, 0.6) is 17.2 Å². The van der Waals surface area contributed by atoms with Crippen LogP contribution in [-0.4, -0.2) is 26.7 Å². The lowest BCUT2D eigenvalue weighted by Gasteiger charge is -2.12. The molecule has 0 aliphatic heterocycles. The number of halogens is 1. The molecule has 0 aliphatic carbocycles. The molecule has 0 fully saturated rings. The van der Waals surface area contributed by atoms with Crippen LogP contribution in [0.4, 0.5) is 0 Å². The summed E-state index contributed by atoms with van der Waals surface area (Å²) in [6, 6.07) is 11.2. The molecule has 1 N–H and O–H groups in total. The number of methoxy groups -OCH3 is 2. The number of benzene rings is 2. The van der Waals surface area contributed by atoms with E-state index < -0.39 is 0 Å². The highest BCUT2D eigenvalue weighted by molar-refractivity contribution is 7.21. The van der Waals surface area contributed by atoms with Crippen molar-refractivity contribution in [1.82, 2.24) is 5.32 Å². The summed E-state index contributed by atoms with van der Waals surface area (Å²) in [5.74, 6) is 1.86. The normalized spacial score (nSPS) is 10.7. The zero-order valence-corrected chi connectivity index (χ0v) is 17.6. The van der Waals surface area contributed by atoms with Gasteiger partial charge >= 0.3 is 0 Å². The molecule has 7 heteroatoms. The van der Waals surface area contributed by atoms with Crippen LogP contribution >= 0.6 is 22.9 Å². The smallest absolute Gasteiger partial charge is 0.263 e. The van der Waals surface area contributed by atoms with E-state index in [0.717, 1.165) is 27.8 Å². The van der Waals surface area contributed by atoms with Crippen molar-refractivity contribution in [2.45, 2.75) is 19.9 Å². The van der Waals surface area contributed by atoms with Crippen molar-refractivity contribution in [1.29, 1.82) is 0 Å². The summed E-state index contributed by atoms with van der Waals surface area (Å²) in [6.45, 7) is 3.03. The van der Waals surface area contributed by atoms with Gasteiger partial charge in [-0.3, -0.25) is 4.79 Å². The summed E-state index contributed by atoms with van der Waals surface area (Å²) in [6.07, 6.45) is 0.919. The predicted molar refractivity (Wildman–Crippen MR) is 113 cm³/mol. The largest absolute Gasteiger partial charge is 0.497 e. The third-order valence-corrected chi connectivity index (χ3v) is 5.84. The molecular formula is C21H22ClNO4S. The van der Waals surface area contributed by atoms with Gasteiger partial charge in [-0.1, -0.05) is 24.6 Å². The Hall–Kier alpha value is -2.44. The second kappa shape index (κ2) is 9.17. The summed E-state index contributed by atoms with van der Waals surface area (Å²) in [5, 5.41) is 4.22.